The molecule has 2 aromatic rings. The van der Waals surface area contributed by atoms with Crippen molar-refractivity contribution in [1.29, 1.82) is 0 Å². The van der Waals surface area contributed by atoms with Crippen LogP contribution in [-0.2, 0) is 20.0 Å². The molecule has 2 heterocycles. The standard InChI is InChI=1S/C14H23N7S/c1-5-15-14(16-7-6-13-17-8-10(2)22-13)18-9-12-20-19-11(3)21(12)4/h8H,5-7,9H2,1-4H3,(H2,15,16,18). The highest BCUT2D eigenvalue weighted by Gasteiger charge is 2.05. The van der Waals surface area contributed by atoms with Crippen LogP contribution in [0.2, 0.25) is 0 Å². The van der Waals surface area contributed by atoms with Crippen LogP contribution in [0.3, 0.4) is 0 Å². The van der Waals surface area contributed by atoms with Crippen LogP contribution in [0.5, 0.6) is 0 Å². The number of nitrogens with one attached hydrogen (secondary N) is 2. The Morgan fingerprint density at radius 2 is 2.14 bits per heavy atom. The zero-order chi connectivity index (χ0) is 15.9. The first-order valence-corrected chi connectivity index (χ1v) is 8.20. The molecule has 0 fully saturated rings. The molecule has 2 N–H and O–H groups in total. The average molecular weight is 321 g/mol. The number of aryl methyl sites for hydroxylation is 2. The summed E-state index contributed by atoms with van der Waals surface area (Å²) in [5.74, 6) is 2.53. The van der Waals surface area contributed by atoms with E-state index in [1.807, 2.05) is 31.7 Å². The molecule has 0 saturated heterocycles. The summed E-state index contributed by atoms with van der Waals surface area (Å²) in [4.78, 5) is 10.2. The van der Waals surface area contributed by atoms with Crippen molar-refractivity contribution < 1.29 is 0 Å². The molecule has 7 nitrogen and oxygen atoms in total. The molecule has 0 spiro atoms. The van der Waals surface area contributed by atoms with Crippen LogP contribution >= 0.6 is 11.3 Å². The molecule has 0 bridgehead atoms. The van der Waals surface area contributed by atoms with Gasteiger partial charge in [-0.1, -0.05) is 0 Å². The molecule has 0 aliphatic rings. The van der Waals surface area contributed by atoms with E-state index in [9.17, 15) is 0 Å². The summed E-state index contributed by atoms with van der Waals surface area (Å²) < 4.78 is 1.95. The predicted octanol–water partition coefficient (Wildman–Crippen LogP) is 1.19. The Hall–Kier alpha value is -1.96. The molecule has 0 radical (unpaired) electrons. The predicted molar refractivity (Wildman–Crippen MR) is 89.1 cm³/mol. The van der Waals surface area contributed by atoms with Crippen molar-refractivity contribution in [3.05, 3.63) is 27.7 Å². The number of aromatic nitrogens is 4. The van der Waals surface area contributed by atoms with Crippen LogP contribution in [-0.4, -0.2) is 38.8 Å². The van der Waals surface area contributed by atoms with Gasteiger partial charge in [-0.15, -0.1) is 21.5 Å². The van der Waals surface area contributed by atoms with E-state index >= 15 is 0 Å². The van der Waals surface area contributed by atoms with Crippen LogP contribution in [0.25, 0.3) is 0 Å². The first-order valence-electron chi connectivity index (χ1n) is 7.38. The van der Waals surface area contributed by atoms with Crippen LogP contribution in [0, 0.1) is 13.8 Å². The highest BCUT2D eigenvalue weighted by molar-refractivity contribution is 7.11. The third kappa shape index (κ3) is 4.52. The quantitative estimate of drug-likeness (QED) is 0.617. The molecule has 8 heteroatoms. The van der Waals surface area contributed by atoms with Gasteiger partial charge in [0.25, 0.3) is 0 Å². The zero-order valence-corrected chi connectivity index (χ0v) is 14.4. The average Bonchev–Trinajstić information content (AvgIpc) is 3.04. The van der Waals surface area contributed by atoms with Gasteiger partial charge in [0.15, 0.2) is 11.8 Å². The van der Waals surface area contributed by atoms with Gasteiger partial charge in [-0.3, -0.25) is 0 Å². The summed E-state index contributed by atoms with van der Waals surface area (Å²) in [6, 6.07) is 0. The van der Waals surface area contributed by atoms with Crippen molar-refractivity contribution in [3.63, 3.8) is 0 Å². The first kappa shape index (κ1) is 16.4. The summed E-state index contributed by atoms with van der Waals surface area (Å²) in [7, 11) is 1.95. The van der Waals surface area contributed by atoms with Gasteiger partial charge in [-0.25, -0.2) is 9.98 Å². The molecule has 0 amide bonds. The van der Waals surface area contributed by atoms with Crippen LogP contribution in [0.4, 0.5) is 0 Å². The van der Waals surface area contributed by atoms with E-state index in [2.05, 4.69) is 37.7 Å². The number of rotatable bonds is 6. The van der Waals surface area contributed by atoms with Gasteiger partial charge in [-0.05, 0) is 20.8 Å². The van der Waals surface area contributed by atoms with E-state index in [-0.39, 0.29) is 0 Å². The Morgan fingerprint density at radius 3 is 2.73 bits per heavy atom. The van der Waals surface area contributed by atoms with E-state index in [1.54, 1.807) is 11.3 Å². The molecule has 2 aromatic heterocycles. The Kier molecular flexibility index (Phi) is 5.88. The third-order valence-corrected chi connectivity index (χ3v) is 4.18. The van der Waals surface area contributed by atoms with Gasteiger partial charge in [0.1, 0.15) is 12.4 Å². The monoisotopic (exact) mass is 321 g/mol. The second-order valence-electron chi connectivity index (χ2n) is 4.96. The number of hydrogen-bond acceptors (Lipinski definition) is 5. The summed E-state index contributed by atoms with van der Waals surface area (Å²) in [6.07, 6.45) is 2.81. The van der Waals surface area contributed by atoms with Gasteiger partial charge in [0, 0.05) is 37.6 Å². The first-order chi connectivity index (χ1) is 10.6. The maximum atomic E-state index is 4.55. The fourth-order valence-electron chi connectivity index (χ4n) is 1.89. The summed E-state index contributed by atoms with van der Waals surface area (Å²) in [5, 5.41) is 15.9. The van der Waals surface area contributed by atoms with Crippen molar-refractivity contribution in [2.75, 3.05) is 13.1 Å². The Morgan fingerprint density at radius 1 is 1.32 bits per heavy atom. The van der Waals surface area contributed by atoms with Crippen molar-refractivity contribution >= 4 is 17.3 Å². The summed E-state index contributed by atoms with van der Waals surface area (Å²) in [6.45, 7) is 8.18. The largest absolute Gasteiger partial charge is 0.357 e. The van der Waals surface area contributed by atoms with E-state index < -0.39 is 0 Å². The van der Waals surface area contributed by atoms with Crippen molar-refractivity contribution in [3.8, 4) is 0 Å². The molecule has 0 aliphatic heterocycles. The smallest absolute Gasteiger partial charge is 0.191 e. The number of thiazole rings is 1. The lowest BCUT2D eigenvalue weighted by Gasteiger charge is -2.10. The fraction of sp³-hybridized carbons (Fsp3) is 0.571. The number of nitrogens with zero attached hydrogens (tertiary/aromatic N) is 5. The number of guanidine groups is 1. The minimum absolute atomic E-state index is 0.503. The SMILES string of the molecule is CCNC(=NCc1nnc(C)n1C)NCCc1ncc(C)s1. The van der Waals surface area contributed by atoms with Crippen molar-refractivity contribution in [1.82, 2.24) is 30.4 Å². The second kappa shape index (κ2) is 7.88. The van der Waals surface area contributed by atoms with Gasteiger partial charge >= 0.3 is 0 Å². The van der Waals surface area contributed by atoms with Crippen molar-refractivity contribution in [2.45, 2.75) is 33.7 Å². The van der Waals surface area contributed by atoms with Gasteiger partial charge in [0.05, 0.1) is 5.01 Å². The molecule has 0 aromatic carbocycles. The molecule has 0 atom stereocenters. The highest BCUT2D eigenvalue weighted by Crippen LogP contribution is 2.10. The lowest BCUT2D eigenvalue weighted by molar-refractivity contribution is 0.753. The van der Waals surface area contributed by atoms with Crippen LogP contribution in [0.1, 0.15) is 28.5 Å². The second-order valence-corrected chi connectivity index (χ2v) is 6.28. The fourth-order valence-corrected chi connectivity index (χ4v) is 2.67. The van der Waals surface area contributed by atoms with E-state index in [0.717, 1.165) is 42.1 Å². The number of hydrogen-bond donors (Lipinski definition) is 2. The summed E-state index contributed by atoms with van der Waals surface area (Å²) in [5.41, 5.74) is 0. The molecular weight excluding hydrogens is 298 g/mol. The molecule has 2 rings (SSSR count). The molecule has 22 heavy (non-hydrogen) atoms. The normalized spacial score (nSPS) is 11.7. The van der Waals surface area contributed by atoms with Crippen molar-refractivity contribution in [2.24, 2.45) is 12.0 Å². The molecule has 0 saturated carbocycles. The summed E-state index contributed by atoms with van der Waals surface area (Å²) >= 11 is 1.73. The van der Waals surface area contributed by atoms with Gasteiger partial charge < -0.3 is 15.2 Å². The third-order valence-electron chi connectivity index (χ3n) is 3.21. The lowest BCUT2D eigenvalue weighted by Crippen LogP contribution is -2.38. The highest BCUT2D eigenvalue weighted by atomic mass is 32.1. The van der Waals surface area contributed by atoms with Crippen LogP contribution < -0.4 is 10.6 Å². The minimum atomic E-state index is 0.503. The molecular formula is C14H23N7S. The Labute approximate surface area is 134 Å². The Bertz CT molecular complexity index is 629. The van der Waals surface area contributed by atoms with Crippen LogP contribution in [0.15, 0.2) is 11.2 Å². The molecule has 0 unspecified atom stereocenters. The molecule has 120 valence electrons. The van der Waals surface area contributed by atoms with E-state index in [4.69, 9.17) is 0 Å². The van der Waals surface area contributed by atoms with E-state index in [0.29, 0.717) is 6.54 Å². The lowest BCUT2D eigenvalue weighted by atomic mass is 10.4. The maximum absolute atomic E-state index is 4.55. The minimum Gasteiger partial charge on any atom is -0.357 e. The van der Waals surface area contributed by atoms with Gasteiger partial charge in [-0.2, -0.15) is 0 Å². The maximum Gasteiger partial charge on any atom is 0.191 e. The topological polar surface area (TPSA) is 80.0 Å². The number of aliphatic imine (C=N–C) groups is 1. The Balaban J connectivity index is 1.88. The van der Waals surface area contributed by atoms with Gasteiger partial charge in [0.2, 0.25) is 0 Å². The molecule has 0 aliphatic carbocycles. The van der Waals surface area contributed by atoms with E-state index in [1.165, 1.54) is 4.88 Å². The zero-order valence-electron chi connectivity index (χ0n) is 13.6.